The van der Waals surface area contributed by atoms with Crippen molar-refractivity contribution >= 4 is 27.5 Å². The molecule has 0 spiro atoms. The molecular weight excluding hydrogens is 414 g/mol. The highest BCUT2D eigenvalue weighted by molar-refractivity contribution is 7.92. The molecule has 2 aromatic rings. The second kappa shape index (κ2) is 9.51. The number of nitrogens with one attached hydrogen (secondary N) is 1. The topological polar surface area (TPSA) is 86.8 Å². The van der Waals surface area contributed by atoms with Gasteiger partial charge < -0.3 is 10.2 Å². The summed E-state index contributed by atoms with van der Waals surface area (Å²) in [7, 11) is -3.62. The standard InChI is InChI=1S/C23H29N3O4S/c1-17-6-4-7-18(2)23(17)26(31(3,29)30)16-21(27)24-14-19-9-11-20(12-10-19)15-25-13-5-8-22(25)28/h4,6-7,9-12H,5,8,13-16H2,1-3H3,(H,24,27). The van der Waals surface area contributed by atoms with Crippen LogP contribution in [0.1, 0.15) is 35.1 Å². The van der Waals surface area contributed by atoms with Gasteiger partial charge in [0.05, 0.1) is 11.9 Å². The zero-order chi connectivity index (χ0) is 22.6. The largest absolute Gasteiger partial charge is 0.350 e. The predicted molar refractivity (Wildman–Crippen MR) is 121 cm³/mol. The molecule has 7 nitrogen and oxygen atoms in total. The number of carbonyl (C=O) groups excluding carboxylic acids is 2. The Balaban J connectivity index is 1.61. The Morgan fingerprint density at radius 1 is 1.06 bits per heavy atom. The van der Waals surface area contributed by atoms with Gasteiger partial charge in [-0.25, -0.2) is 8.42 Å². The first-order valence-corrected chi connectivity index (χ1v) is 12.2. The summed E-state index contributed by atoms with van der Waals surface area (Å²) in [6.45, 7) is 5.08. The third-order valence-corrected chi connectivity index (χ3v) is 6.55. The van der Waals surface area contributed by atoms with E-state index in [9.17, 15) is 18.0 Å². The van der Waals surface area contributed by atoms with Gasteiger partial charge in [-0.2, -0.15) is 0 Å². The average molecular weight is 444 g/mol. The molecule has 2 aromatic carbocycles. The number of carbonyl (C=O) groups is 2. The molecular formula is C23H29N3O4S. The first-order valence-electron chi connectivity index (χ1n) is 10.3. The van der Waals surface area contributed by atoms with E-state index in [-0.39, 0.29) is 18.4 Å². The predicted octanol–water partition coefficient (Wildman–Crippen LogP) is 2.51. The number of anilines is 1. The van der Waals surface area contributed by atoms with Crippen LogP contribution < -0.4 is 9.62 Å². The van der Waals surface area contributed by atoms with Crippen LogP contribution in [-0.4, -0.2) is 44.5 Å². The fourth-order valence-electron chi connectivity index (χ4n) is 3.80. The van der Waals surface area contributed by atoms with Crippen LogP contribution in [0.3, 0.4) is 0 Å². The van der Waals surface area contributed by atoms with E-state index in [0.717, 1.165) is 45.8 Å². The van der Waals surface area contributed by atoms with Crippen molar-refractivity contribution in [2.45, 2.75) is 39.8 Å². The minimum atomic E-state index is -3.62. The second-order valence-corrected chi connectivity index (χ2v) is 9.93. The normalized spacial score (nSPS) is 14.0. The lowest BCUT2D eigenvalue weighted by Crippen LogP contribution is -2.40. The van der Waals surface area contributed by atoms with Gasteiger partial charge in [-0.15, -0.1) is 0 Å². The first kappa shape index (κ1) is 22.8. The Bertz CT molecular complexity index is 1040. The van der Waals surface area contributed by atoms with Crippen LogP contribution in [-0.2, 0) is 32.7 Å². The number of sulfonamides is 1. The van der Waals surface area contributed by atoms with Crippen LogP contribution in [0.2, 0.25) is 0 Å². The molecule has 166 valence electrons. The van der Waals surface area contributed by atoms with E-state index in [0.29, 0.717) is 25.2 Å². The minimum absolute atomic E-state index is 0.190. The van der Waals surface area contributed by atoms with E-state index in [1.54, 1.807) is 0 Å². The summed E-state index contributed by atoms with van der Waals surface area (Å²) < 4.78 is 25.9. The lowest BCUT2D eigenvalue weighted by atomic mass is 10.1. The summed E-state index contributed by atoms with van der Waals surface area (Å²) in [6, 6.07) is 13.2. The smallest absolute Gasteiger partial charge is 0.241 e. The number of likely N-dealkylation sites (tertiary alicyclic amines) is 1. The molecule has 8 heteroatoms. The van der Waals surface area contributed by atoms with Crippen LogP contribution in [0, 0.1) is 13.8 Å². The third kappa shape index (κ3) is 5.85. The van der Waals surface area contributed by atoms with E-state index in [4.69, 9.17) is 0 Å². The van der Waals surface area contributed by atoms with E-state index in [2.05, 4.69) is 5.32 Å². The van der Waals surface area contributed by atoms with Gasteiger partial charge in [0.15, 0.2) is 0 Å². The van der Waals surface area contributed by atoms with Crippen molar-refractivity contribution in [3.63, 3.8) is 0 Å². The average Bonchev–Trinajstić information content (AvgIpc) is 3.10. The number of hydrogen-bond donors (Lipinski definition) is 1. The molecule has 0 atom stereocenters. The van der Waals surface area contributed by atoms with Gasteiger partial charge in [0, 0.05) is 26.1 Å². The molecule has 3 rings (SSSR count). The monoisotopic (exact) mass is 443 g/mol. The third-order valence-electron chi connectivity index (χ3n) is 5.43. The van der Waals surface area contributed by atoms with Crippen LogP contribution in [0.15, 0.2) is 42.5 Å². The summed E-state index contributed by atoms with van der Waals surface area (Å²) >= 11 is 0. The lowest BCUT2D eigenvalue weighted by molar-refractivity contribution is -0.128. The van der Waals surface area contributed by atoms with Gasteiger partial charge in [-0.3, -0.25) is 13.9 Å². The van der Waals surface area contributed by atoms with Crippen LogP contribution in [0.5, 0.6) is 0 Å². The number of benzene rings is 2. The Kier molecular flexibility index (Phi) is 7.00. The first-order chi connectivity index (χ1) is 14.6. The summed E-state index contributed by atoms with van der Waals surface area (Å²) in [6.07, 6.45) is 2.64. The van der Waals surface area contributed by atoms with Crippen molar-refractivity contribution in [1.29, 1.82) is 0 Å². The maximum absolute atomic E-state index is 12.5. The Hall–Kier alpha value is -2.87. The second-order valence-electron chi connectivity index (χ2n) is 8.02. The van der Waals surface area contributed by atoms with Gasteiger partial charge in [-0.05, 0) is 42.5 Å². The minimum Gasteiger partial charge on any atom is -0.350 e. The van der Waals surface area contributed by atoms with Crippen LogP contribution >= 0.6 is 0 Å². The van der Waals surface area contributed by atoms with E-state index >= 15 is 0 Å². The Morgan fingerprint density at radius 2 is 1.68 bits per heavy atom. The molecule has 1 N–H and O–H groups in total. The molecule has 0 aliphatic carbocycles. The summed E-state index contributed by atoms with van der Waals surface area (Å²) in [5.74, 6) is -0.185. The van der Waals surface area contributed by atoms with Gasteiger partial charge in [0.25, 0.3) is 0 Å². The maximum atomic E-state index is 12.5. The van der Waals surface area contributed by atoms with Crippen molar-refractivity contribution < 1.29 is 18.0 Å². The molecule has 31 heavy (non-hydrogen) atoms. The molecule has 0 saturated carbocycles. The highest BCUT2D eigenvalue weighted by Gasteiger charge is 2.24. The Labute approximate surface area is 184 Å². The highest BCUT2D eigenvalue weighted by Crippen LogP contribution is 2.26. The molecule has 0 aromatic heterocycles. The SMILES string of the molecule is Cc1cccc(C)c1N(CC(=O)NCc1ccc(CN2CCCC2=O)cc1)S(C)(=O)=O. The highest BCUT2D eigenvalue weighted by atomic mass is 32.2. The Morgan fingerprint density at radius 3 is 2.23 bits per heavy atom. The quantitative estimate of drug-likeness (QED) is 0.679. The number of rotatable bonds is 8. The molecule has 1 heterocycles. The molecule has 2 amide bonds. The zero-order valence-corrected chi connectivity index (χ0v) is 19.0. The molecule has 0 radical (unpaired) electrons. The van der Waals surface area contributed by atoms with Gasteiger partial charge in [0.1, 0.15) is 6.54 Å². The van der Waals surface area contributed by atoms with Crippen molar-refractivity contribution in [3.05, 3.63) is 64.7 Å². The molecule has 1 saturated heterocycles. The molecule has 0 bridgehead atoms. The van der Waals surface area contributed by atoms with Gasteiger partial charge in [0.2, 0.25) is 21.8 Å². The van der Waals surface area contributed by atoms with Crippen molar-refractivity contribution in [2.75, 3.05) is 23.7 Å². The van der Waals surface area contributed by atoms with Crippen molar-refractivity contribution in [3.8, 4) is 0 Å². The van der Waals surface area contributed by atoms with Gasteiger partial charge >= 0.3 is 0 Å². The molecule has 1 aliphatic rings. The van der Waals surface area contributed by atoms with E-state index in [1.165, 1.54) is 0 Å². The van der Waals surface area contributed by atoms with E-state index in [1.807, 2.05) is 61.2 Å². The van der Waals surface area contributed by atoms with Crippen LogP contribution in [0.4, 0.5) is 5.69 Å². The fourth-order valence-corrected chi connectivity index (χ4v) is 4.77. The number of aryl methyl sites for hydroxylation is 2. The maximum Gasteiger partial charge on any atom is 0.241 e. The molecule has 1 fully saturated rings. The summed E-state index contributed by atoms with van der Waals surface area (Å²) in [5, 5.41) is 2.80. The lowest BCUT2D eigenvalue weighted by Gasteiger charge is -2.25. The summed E-state index contributed by atoms with van der Waals surface area (Å²) in [5.41, 5.74) is 4.09. The van der Waals surface area contributed by atoms with Crippen molar-refractivity contribution in [2.24, 2.45) is 0 Å². The fraction of sp³-hybridized carbons (Fsp3) is 0.391. The zero-order valence-electron chi connectivity index (χ0n) is 18.2. The van der Waals surface area contributed by atoms with Gasteiger partial charge in [-0.1, -0.05) is 42.5 Å². The number of nitrogens with zero attached hydrogens (tertiary/aromatic N) is 2. The van der Waals surface area contributed by atoms with Crippen molar-refractivity contribution in [1.82, 2.24) is 10.2 Å². The number of para-hydroxylation sites is 1. The number of hydrogen-bond acceptors (Lipinski definition) is 4. The van der Waals surface area contributed by atoms with E-state index < -0.39 is 10.0 Å². The molecule has 1 aliphatic heterocycles. The number of amides is 2. The van der Waals surface area contributed by atoms with Crippen LogP contribution in [0.25, 0.3) is 0 Å². The molecule has 0 unspecified atom stereocenters. The summed E-state index contributed by atoms with van der Waals surface area (Å²) in [4.78, 5) is 26.2.